The van der Waals surface area contributed by atoms with Crippen molar-refractivity contribution in [2.45, 2.75) is 32.5 Å². The zero-order chi connectivity index (χ0) is 18.5. The van der Waals surface area contributed by atoms with Gasteiger partial charge in [-0.05, 0) is 39.0 Å². The van der Waals surface area contributed by atoms with Crippen molar-refractivity contribution in [2.75, 3.05) is 6.54 Å². The van der Waals surface area contributed by atoms with Crippen LogP contribution in [0.25, 0.3) is 0 Å². The maximum Gasteiger partial charge on any atom is 0.416 e. The van der Waals surface area contributed by atoms with E-state index < -0.39 is 35.0 Å². The second kappa shape index (κ2) is 7.25. The maximum absolute atomic E-state index is 12.7. The topological polar surface area (TPSA) is 75.6 Å². The molecule has 0 fully saturated rings. The van der Waals surface area contributed by atoms with Gasteiger partial charge in [-0.3, -0.25) is 0 Å². The van der Waals surface area contributed by atoms with Crippen molar-refractivity contribution in [1.82, 2.24) is 5.32 Å². The molecule has 130 valence electrons. The standard InChI is InChI=1S/C16H16F3NO4/c1-15(2,3)24-14(23)20-6-4-5-10-7-11(13(21)22)9-12(8-10)16(17,18)19/h7-9H,6H2,1-3H3,(H,20,23)(H,21,22). The molecule has 1 aromatic rings. The molecular weight excluding hydrogens is 327 g/mol. The summed E-state index contributed by atoms with van der Waals surface area (Å²) >= 11 is 0. The van der Waals surface area contributed by atoms with Gasteiger partial charge in [0.1, 0.15) is 5.60 Å². The number of alkyl halides is 3. The molecule has 0 radical (unpaired) electrons. The molecular formula is C16H16F3NO4. The number of benzene rings is 1. The van der Waals surface area contributed by atoms with Gasteiger partial charge in [0.2, 0.25) is 0 Å². The average Bonchev–Trinajstić information content (AvgIpc) is 2.40. The highest BCUT2D eigenvalue weighted by molar-refractivity contribution is 5.88. The van der Waals surface area contributed by atoms with Crippen LogP contribution < -0.4 is 5.32 Å². The lowest BCUT2D eigenvalue weighted by atomic mass is 10.1. The van der Waals surface area contributed by atoms with Gasteiger partial charge in [-0.15, -0.1) is 0 Å². The third kappa shape index (κ3) is 6.60. The highest BCUT2D eigenvalue weighted by Gasteiger charge is 2.31. The smallest absolute Gasteiger partial charge is 0.416 e. The summed E-state index contributed by atoms with van der Waals surface area (Å²) in [5, 5.41) is 11.2. The quantitative estimate of drug-likeness (QED) is 0.808. The molecule has 1 amide bonds. The zero-order valence-corrected chi connectivity index (χ0v) is 13.2. The largest absolute Gasteiger partial charge is 0.478 e. The van der Waals surface area contributed by atoms with Crippen LogP contribution in [0.1, 0.15) is 42.3 Å². The van der Waals surface area contributed by atoms with Crippen LogP contribution in [0.3, 0.4) is 0 Å². The number of carbonyl (C=O) groups excluding carboxylic acids is 1. The van der Waals surface area contributed by atoms with Crippen molar-refractivity contribution in [3.8, 4) is 11.8 Å². The number of alkyl carbamates (subject to hydrolysis) is 1. The van der Waals surface area contributed by atoms with E-state index in [9.17, 15) is 22.8 Å². The van der Waals surface area contributed by atoms with E-state index in [0.717, 1.165) is 12.1 Å². The van der Waals surface area contributed by atoms with Crippen molar-refractivity contribution in [3.63, 3.8) is 0 Å². The summed E-state index contributed by atoms with van der Waals surface area (Å²) in [7, 11) is 0. The van der Waals surface area contributed by atoms with Gasteiger partial charge in [0.05, 0.1) is 17.7 Å². The van der Waals surface area contributed by atoms with Gasteiger partial charge in [-0.25, -0.2) is 9.59 Å². The molecule has 0 bridgehead atoms. The Kier molecular flexibility index (Phi) is 5.85. The normalized spacial score (nSPS) is 11.2. The van der Waals surface area contributed by atoms with E-state index in [1.165, 1.54) is 0 Å². The van der Waals surface area contributed by atoms with Crippen LogP contribution >= 0.6 is 0 Å². The van der Waals surface area contributed by atoms with Crippen LogP contribution in [0.4, 0.5) is 18.0 Å². The highest BCUT2D eigenvalue weighted by atomic mass is 19.4. The Balaban J connectivity index is 2.87. The summed E-state index contributed by atoms with van der Waals surface area (Å²) in [6.07, 6.45) is -5.40. The van der Waals surface area contributed by atoms with Crippen LogP contribution in [0.5, 0.6) is 0 Å². The second-order valence-corrected chi connectivity index (χ2v) is 5.76. The number of nitrogens with one attached hydrogen (secondary N) is 1. The molecule has 0 saturated heterocycles. The molecule has 0 heterocycles. The molecule has 2 N–H and O–H groups in total. The summed E-state index contributed by atoms with van der Waals surface area (Å²) in [4.78, 5) is 22.3. The second-order valence-electron chi connectivity index (χ2n) is 5.76. The Morgan fingerprint density at radius 3 is 2.33 bits per heavy atom. The van der Waals surface area contributed by atoms with E-state index in [2.05, 4.69) is 17.2 Å². The Bertz CT molecular complexity index is 694. The SMILES string of the molecule is CC(C)(C)OC(=O)NCC#Cc1cc(C(=O)O)cc(C(F)(F)F)c1. The molecule has 0 aliphatic heterocycles. The fourth-order valence-electron chi connectivity index (χ4n) is 1.56. The predicted molar refractivity (Wildman–Crippen MR) is 79.5 cm³/mol. The van der Waals surface area contributed by atoms with Gasteiger partial charge >= 0.3 is 18.2 Å². The summed E-state index contributed by atoms with van der Waals surface area (Å²) < 4.78 is 43.2. The summed E-state index contributed by atoms with van der Waals surface area (Å²) in [5.41, 5.74) is -2.43. The van der Waals surface area contributed by atoms with Gasteiger partial charge in [-0.1, -0.05) is 11.8 Å². The first kappa shape index (κ1) is 19.4. The molecule has 0 atom stereocenters. The number of rotatable bonds is 2. The molecule has 1 aromatic carbocycles. The minimum atomic E-state index is -4.68. The minimum Gasteiger partial charge on any atom is -0.478 e. The number of halogens is 3. The highest BCUT2D eigenvalue weighted by Crippen LogP contribution is 2.30. The lowest BCUT2D eigenvalue weighted by molar-refractivity contribution is -0.137. The molecule has 5 nitrogen and oxygen atoms in total. The first-order valence-electron chi connectivity index (χ1n) is 6.80. The number of aromatic carboxylic acids is 1. The Hall–Kier alpha value is -2.69. The Morgan fingerprint density at radius 1 is 1.21 bits per heavy atom. The number of hydrogen-bond donors (Lipinski definition) is 2. The van der Waals surface area contributed by atoms with Crippen molar-refractivity contribution < 1.29 is 32.6 Å². The number of hydrogen-bond acceptors (Lipinski definition) is 3. The van der Waals surface area contributed by atoms with E-state index in [0.29, 0.717) is 6.07 Å². The van der Waals surface area contributed by atoms with Gasteiger partial charge in [0.25, 0.3) is 0 Å². The Morgan fingerprint density at radius 2 is 1.83 bits per heavy atom. The van der Waals surface area contributed by atoms with Crippen LogP contribution in [0.15, 0.2) is 18.2 Å². The number of carboxylic acids is 1. The Labute approximate surface area is 136 Å². The van der Waals surface area contributed by atoms with E-state index in [-0.39, 0.29) is 12.1 Å². The molecule has 8 heteroatoms. The monoisotopic (exact) mass is 343 g/mol. The fraction of sp³-hybridized carbons (Fsp3) is 0.375. The van der Waals surface area contributed by atoms with Crippen LogP contribution in [0, 0.1) is 11.8 Å². The predicted octanol–water partition coefficient (Wildman–Crippen LogP) is 3.28. The van der Waals surface area contributed by atoms with E-state index in [1.54, 1.807) is 20.8 Å². The van der Waals surface area contributed by atoms with E-state index >= 15 is 0 Å². The van der Waals surface area contributed by atoms with Crippen LogP contribution in [-0.4, -0.2) is 29.3 Å². The molecule has 24 heavy (non-hydrogen) atoms. The first-order valence-corrected chi connectivity index (χ1v) is 6.80. The average molecular weight is 343 g/mol. The van der Waals surface area contributed by atoms with E-state index in [4.69, 9.17) is 9.84 Å². The molecule has 0 unspecified atom stereocenters. The fourth-order valence-corrected chi connectivity index (χ4v) is 1.56. The lowest BCUT2D eigenvalue weighted by Crippen LogP contribution is -2.32. The van der Waals surface area contributed by atoms with Crippen LogP contribution in [-0.2, 0) is 10.9 Å². The number of carbonyl (C=O) groups is 2. The molecule has 0 spiro atoms. The van der Waals surface area contributed by atoms with Crippen molar-refractivity contribution in [3.05, 3.63) is 34.9 Å². The summed E-state index contributed by atoms with van der Waals surface area (Å²) in [5.74, 6) is 3.34. The summed E-state index contributed by atoms with van der Waals surface area (Å²) in [6, 6.07) is 2.30. The molecule has 0 aliphatic carbocycles. The van der Waals surface area contributed by atoms with Gasteiger partial charge in [-0.2, -0.15) is 13.2 Å². The molecule has 0 aliphatic rings. The molecule has 1 rings (SSSR count). The van der Waals surface area contributed by atoms with Crippen molar-refractivity contribution >= 4 is 12.1 Å². The molecule has 0 aromatic heterocycles. The minimum absolute atomic E-state index is 0.117. The lowest BCUT2D eigenvalue weighted by Gasteiger charge is -2.19. The third-order valence-electron chi connectivity index (χ3n) is 2.46. The van der Waals surface area contributed by atoms with Gasteiger partial charge in [0, 0.05) is 5.56 Å². The zero-order valence-electron chi connectivity index (χ0n) is 13.2. The van der Waals surface area contributed by atoms with Crippen molar-refractivity contribution in [1.29, 1.82) is 0 Å². The molecule has 0 saturated carbocycles. The maximum atomic E-state index is 12.7. The van der Waals surface area contributed by atoms with Gasteiger partial charge < -0.3 is 15.2 Å². The number of ether oxygens (including phenoxy) is 1. The van der Waals surface area contributed by atoms with Crippen LogP contribution in [0.2, 0.25) is 0 Å². The number of carboxylic acid groups (broad SMARTS) is 1. The summed E-state index contributed by atoms with van der Waals surface area (Å²) in [6.45, 7) is 4.87. The third-order valence-corrected chi connectivity index (χ3v) is 2.46. The van der Waals surface area contributed by atoms with Crippen molar-refractivity contribution in [2.24, 2.45) is 0 Å². The number of amides is 1. The first-order chi connectivity index (χ1) is 10.9. The van der Waals surface area contributed by atoms with E-state index in [1.807, 2.05) is 0 Å². The van der Waals surface area contributed by atoms with Gasteiger partial charge in [0.15, 0.2) is 0 Å².